The van der Waals surface area contributed by atoms with Gasteiger partial charge >= 0.3 is 0 Å². The number of hydrogen-bond acceptors (Lipinski definition) is 4. The summed E-state index contributed by atoms with van der Waals surface area (Å²) in [6.45, 7) is 7.64. The molecule has 166 valence electrons. The molecular weight excluding hydrogens is 402 g/mol. The number of carbonyl (C=O) groups excluding carboxylic acids is 2. The molecule has 2 aliphatic heterocycles. The number of rotatable bonds is 3. The summed E-state index contributed by atoms with van der Waals surface area (Å²) in [5.74, 6) is 1.04. The molecule has 2 atom stereocenters. The van der Waals surface area contributed by atoms with Crippen molar-refractivity contribution in [1.82, 2.24) is 14.7 Å². The number of likely N-dealkylation sites (tertiary alicyclic amines) is 1. The number of aromatic nitrogens is 2. The largest absolute Gasteiger partial charge is 0.489 e. The Hall–Kier alpha value is -3.15. The van der Waals surface area contributed by atoms with Crippen LogP contribution in [0.15, 0.2) is 36.4 Å². The molecule has 0 saturated carbocycles. The quantitative estimate of drug-likeness (QED) is 0.622. The van der Waals surface area contributed by atoms with Gasteiger partial charge in [-0.15, -0.1) is 0 Å². The summed E-state index contributed by atoms with van der Waals surface area (Å²) in [6.07, 6.45) is 2.06. The number of Topliss-reactive ketones (excluding diaryl/α,β-unsaturated/α-hetero) is 1. The maximum Gasteiger partial charge on any atom is 0.244 e. The molecule has 0 aliphatic carbocycles. The van der Waals surface area contributed by atoms with E-state index in [0.717, 1.165) is 47.1 Å². The Morgan fingerprint density at radius 2 is 1.97 bits per heavy atom. The minimum Gasteiger partial charge on any atom is -0.489 e. The molecule has 2 aliphatic rings. The first-order chi connectivity index (χ1) is 15.4. The fraction of sp³-hybridized carbons (Fsp3) is 0.423. The molecule has 0 unspecified atom stereocenters. The van der Waals surface area contributed by atoms with Crippen molar-refractivity contribution >= 4 is 22.5 Å². The number of nitrogens with zero attached hydrogens (tertiary/aromatic N) is 3. The van der Waals surface area contributed by atoms with Gasteiger partial charge in [-0.05, 0) is 56.0 Å². The molecule has 3 aromatic rings. The van der Waals surface area contributed by atoms with Crippen LogP contribution in [0.4, 0.5) is 0 Å². The van der Waals surface area contributed by atoms with Crippen molar-refractivity contribution in [2.24, 2.45) is 5.92 Å². The van der Waals surface area contributed by atoms with E-state index in [1.807, 2.05) is 62.1 Å². The van der Waals surface area contributed by atoms with Crippen LogP contribution >= 0.6 is 0 Å². The first kappa shape index (κ1) is 20.7. The Morgan fingerprint density at radius 3 is 2.75 bits per heavy atom. The Bertz CT molecular complexity index is 1210. The maximum atomic E-state index is 13.1. The second kappa shape index (κ2) is 8.08. The normalized spacial score (nSPS) is 20.8. The van der Waals surface area contributed by atoms with Gasteiger partial charge in [-0.3, -0.25) is 14.3 Å². The Morgan fingerprint density at radius 1 is 1.16 bits per heavy atom. The van der Waals surface area contributed by atoms with Crippen molar-refractivity contribution in [3.8, 4) is 5.75 Å². The molecule has 1 aromatic heterocycles. The van der Waals surface area contributed by atoms with Crippen LogP contribution in [0, 0.1) is 26.7 Å². The minimum absolute atomic E-state index is 0.0776. The van der Waals surface area contributed by atoms with Crippen LogP contribution in [0.5, 0.6) is 5.75 Å². The lowest BCUT2D eigenvalue weighted by atomic mass is 9.85. The number of benzene rings is 2. The molecule has 6 heteroatoms. The molecule has 6 nitrogen and oxygen atoms in total. The van der Waals surface area contributed by atoms with E-state index in [9.17, 15) is 9.59 Å². The average Bonchev–Trinajstić information content (AvgIpc) is 3.05. The van der Waals surface area contributed by atoms with Crippen LogP contribution in [-0.4, -0.2) is 45.6 Å². The van der Waals surface area contributed by atoms with E-state index in [4.69, 9.17) is 4.74 Å². The fourth-order valence-corrected chi connectivity index (χ4v) is 5.10. The number of hydrogen-bond donors (Lipinski definition) is 0. The van der Waals surface area contributed by atoms with Gasteiger partial charge in [-0.2, -0.15) is 5.10 Å². The first-order valence-electron chi connectivity index (χ1n) is 11.4. The summed E-state index contributed by atoms with van der Waals surface area (Å²) in [4.78, 5) is 28.1. The highest BCUT2D eigenvalue weighted by Crippen LogP contribution is 2.37. The molecule has 0 radical (unpaired) electrons. The van der Waals surface area contributed by atoms with E-state index >= 15 is 0 Å². The van der Waals surface area contributed by atoms with E-state index in [1.165, 1.54) is 0 Å². The van der Waals surface area contributed by atoms with Gasteiger partial charge < -0.3 is 9.64 Å². The monoisotopic (exact) mass is 431 g/mol. The van der Waals surface area contributed by atoms with Gasteiger partial charge in [-0.1, -0.05) is 30.3 Å². The zero-order valence-corrected chi connectivity index (χ0v) is 18.9. The predicted molar refractivity (Wildman–Crippen MR) is 123 cm³/mol. The molecule has 0 N–H and O–H groups in total. The van der Waals surface area contributed by atoms with Crippen LogP contribution in [0.1, 0.15) is 46.6 Å². The summed E-state index contributed by atoms with van der Waals surface area (Å²) < 4.78 is 8.16. The van der Waals surface area contributed by atoms with Crippen molar-refractivity contribution in [3.63, 3.8) is 0 Å². The average molecular weight is 432 g/mol. The van der Waals surface area contributed by atoms with Crippen molar-refractivity contribution < 1.29 is 14.3 Å². The van der Waals surface area contributed by atoms with E-state index < -0.39 is 0 Å². The van der Waals surface area contributed by atoms with Crippen LogP contribution in [0.25, 0.3) is 10.8 Å². The van der Waals surface area contributed by atoms with Crippen LogP contribution in [0.2, 0.25) is 0 Å². The van der Waals surface area contributed by atoms with Crippen LogP contribution in [-0.2, 0) is 11.3 Å². The highest BCUT2D eigenvalue weighted by Gasteiger charge is 2.36. The number of piperidine rings is 1. The van der Waals surface area contributed by atoms with Gasteiger partial charge in [0.1, 0.15) is 18.4 Å². The van der Waals surface area contributed by atoms with Crippen molar-refractivity contribution in [2.75, 3.05) is 13.1 Å². The van der Waals surface area contributed by atoms with Gasteiger partial charge in [0.15, 0.2) is 5.78 Å². The van der Waals surface area contributed by atoms with Crippen molar-refractivity contribution in [3.05, 3.63) is 58.9 Å². The third kappa shape index (κ3) is 3.57. The summed E-state index contributed by atoms with van der Waals surface area (Å²) >= 11 is 0. The van der Waals surface area contributed by atoms with Gasteiger partial charge in [-0.25, -0.2) is 0 Å². The summed E-state index contributed by atoms with van der Waals surface area (Å²) in [7, 11) is 0. The molecular formula is C26H29N3O3. The third-order valence-electron chi connectivity index (χ3n) is 7.20. The molecule has 3 heterocycles. The molecule has 1 saturated heterocycles. The van der Waals surface area contributed by atoms with Gasteiger partial charge in [0.2, 0.25) is 5.91 Å². The highest BCUT2D eigenvalue weighted by molar-refractivity contribution is 6.11. The van der Waals surface area contributed by atoms with E-state index in [0.29, 0.717) is 24.3 Å². The van der Waals surface area contributed by atoms with E-state index in [1.54, 1.807) is 4.68 Å². The lowest BCUT2D eigenvalue weighted by Crippen LogP contribution is -2.47. The zero-order valence-electron chi connectivity index (χ0n) is 18.9. The Kier molecular flexibility index (Phi) is 5.24. The second-order valence-corrected chi connectivity index (χ2v) is 9.14. The number of aryl methyl sites for hydroxylation is 1. The number of amides is 1. The lowest BCUT2D eigenvalue weighted by Gasteiger charge is -2.38. The fourth-order valence-electron chi connectivity index (χ4n) is 5.10. The van der Waals surface area contributed by atoms with Gasteiger partial charge in [0.25, 0.3) is 0 Å². The third-order valence-corrected chi connectivity index (χ3v) is 7.20. The summed E-state index contributed by atoms with van der Waals surface area (Å²) in [5, 5.41) is 6.52. The minimum atomic E-state index is -0.192. The number of fused-ring (bicyclic) bond motifs is 3. The highest BCUT2D eigenvalue weighted by atomic mass is 16.5. The topological polar surface area (TPSA) is 64.4 Å². The lowest BCUT2D eigenvalue weighted by molar-refractivity contribution is -0.134. The van der Waals surface area contributed by atoms with Crippen molar-refractivity contribution in [2.45, 2.75) is 52.7 Å². The predicted octanol–water partition coefficient (Wildman–Crippen LogP) is 4.23. The van der Waals surface area contributed by atoms with Crippen LogP contribution in [0.3, 0.4) is 0 Å². The first-order valence-corrected chi connectivity index (χ1v) is 11.4. The summed E-state index contributed by atoms with van der Waals surface area (Å²) in [6, 6.07) is 11.9. The molecule has 1 fully saturated rings. The molecule has 0 bridgehead atoms. The number of ketones is 1. The molecule has 1 amide bonds. The Balaban J connectivity index is 1.31. The van der Waals surface area contributed by atoms with Crippen LogP contribution < -0.4 is 4.74 Å². The van der Waals surface area contributed by atoms with Crippen molar-refractivity contribution in [1.29, 1.82) is 0 Å². The smallest absolute Gasteiger partial charge is 0.244 e. The zero-order chi connectivity index (χ0) is 22.4. The molecule has 2 aromatic carbocycles. The van der Waals surface area contributed by atoms with Gasteiger partial charge in [0.05, 0.1) is 11.3 Å². The standard InChI is InChI=1S/C26H29N3O3/c1-16-17(2)27-29(18(16)3)15-25(31)28-12-6-8-20(14-28)24-13-22(30)26-21-9-5-4-7-19(21)10-11-23(26)32-24/h4-5,7,9-11,20,24H,6,8,12-15H2,1-3H3/t20-,24+/m0/s1. The van der Waals surface area contributed by atoms with E-state index in [-0.39, 0.29) is 30.3 Å². The van der Waals surface area contributed by atoms with Gasteiger partial charge in [0, 0.05) is 31.1 Å². The molecule has 5 rings (SSSR count). The molecule has 32 heavy (non-hydrogen) atoms. The SMILES string of the molecule is Cc1nn(CC(=O)N2CCC[C@H]([C@H]3CC(=O)c4c(ccc5ccccc45)O3)C2)c(C)c1C. The number of ether oxygens (including phenoxy) is 1. The number of carbonyl (C=O) groups is 2. The molecule has 0 spiro atoms. The summed E-state index contributed by atoms with van der Waals surface area (Å²) in [5.41, 5.74) is 3.83. The maximum absolute atomic E-state index is 13.1. The van der Waals surface area contributed by atoms with E-state index in [2.05, 4.69) is 5.10 Å². The second-order valence-electron chi connectivity index (χ2n) is 9.14. The Labute approximate surface area is 188 Å².